The summed E-state index contributed by atoms with van der Waals surface area (Å²) in [5.41, 5.74) is 3.10. The lowest BCUT2D eigenvalue weighted by Gasteiger charge is -2.21. The van der Waals surface area contributed by atoms with Crippen molar-refractivity contribution in [3.8, 4) is 0 Å². The van der Waals surface area contributed by atoms with Gasteiger partial charge in [0, 0.05) is 0 Å². The van der Waals surface area contributed by atoms with E-state index in [1.54, 1.807) is 5.56 Å². The number of aryl methyl sites for hydroxylation is 1. The smallest absolute Gasteiger partial charge is 0.0250 e. The molecule has 0 spiro atoms. The van der Waals surface area contributed by atoms with Gasteiger partial charge in [0.15, 0.2) is 0 Å². The van der Waals surface area contributed by atoms with Crippen molar-refractivity contribution in [2.45, 2.75) is 84.0 Å². The highest BCUT2D eigenvalue weighted by Crippen LogP contribution is 2.27. The summed E-state index contributed by atoms with van der Waals surface area (Å²) < 4.78 is 0. The van der Waals surface area contributed by atoms with Crippen molar-refractivity contribution in [3.05, 3.63) is 35.4 Å². The van der Waals surface area contributed by atoms with Gasteiger partial charge in [-0.2, -0.15) is 0 Å². The zero-order valence-electron chi connectivity index (χ0n) is 13.4. The Morgan fingerprint density at radius 3 is 2.15 bits per heavy atom. The molecule has 0 amide bonds. The maximum atomic E-state index is 2.38. The molecule has 0 radical (unpaired) electrons. The second-order valence-electron chi connectivity index (χ2n) is 6.69. The Bertz CT molecular complexity index is 343. The van der Waals surface area contributed by atoms with Gasteiger partial charge in [-0.1, -0.05) is 89.0 Å². The van der Waals surface area contributed by atoms with Crippen LogP contribution in [0.5, 0.6) is 0 Å². The number of rotatable bonds is 8. The van der Waals surface area contributed by atoms with E-state index in [0.29, 0.717) is 0 Å². The fraction of sp³-hybridized carbons (Fsp3) is 0.700. The van der Waals surface area contributed by atoms with Crippen LogP contribution in [0.1, 0.15) is 82.3 Å². The first-order chi connectivity index (χ1) is 9.88. The number of benzene rings is 1. The quantitative estimate of drug-likeness (QED) is 0.486. The molecule has 0 atom stereocenters. The van der Waals surface area contributed by atoms with Gasteiger partial charge in [0.25, 0.3) is 0 Å². The van der Waals surface area contributed by atoms with Crippen molar-refractivity contribution >= 4 is 0 Å². The summed E-state index contributed by atoms with van der Waals surface area (Å²) in [6.45, 7) is 2.28. The fourth-order valence-electron chi connectivity index (χ4n) is 3.50. The molecule has 112 valence electrons. The minimum absolute atomic E-state index is 0.962. The number of hydrogen-bond acceptors (Lipinski definition) is 0. The van der Waals surface area contributed by atoms with Gasteiger partial charge >= 0.3 is 0 Å². The van der Waals surface area contributed by atoms with E-state index in [-0.39, 0.29) is 0 Å². The Morgan fingerprint density at radius 2 is 1.45 bits per heavy atom. The van der Waals surface area contributed by atoms with E-state index >= 15 is 0 Å². The monoisotopic (exact) mass is 272 g/mol. The molecule has 20 heavy (non-hydrogen) atoms. The van der Waals surface area contributed by atoms with Crippen LogP contribution < -0.4 is 0 Å². The Balaban J connectivity index is 1.69. The molecule has 2 rings (SSSR count). The van der Waals surface area contributed by atoms with Crippen LogP contribution in [0.15, 0.2) is 24.3 Å². The molecule has 0 N–H and O–H groups in total. The van der Waals surface area contributed by atoms with E-state index in [9.17, 15) is 0 Å². The van der Waals surface area contributed by atoms with Crippen LogP contribution >= 0.6 is 0 Å². The molecule has 1 aliphatic carbocycles. The Labute approximate surface area is 126 Å². The van der Waals surface area contributed by atoms with Gasteiger partial charge < -0.3 is 0 Å². The van der Waals surface area contributed by atoms with Crippen molar-refractivity contribution in [1.29, 1.82) is 0 Å². The van der Waals surface area contributed by atoms with Gasteiger partial charge in [-0.25, -0.2) is 0 Å². The highest BCUT2D eigenvalue weighted by molar-refractivity contribution is 5.23. The molecule has 0 heteroatoms. The average Bonchev–Trinajstić information content (AvgIpc) is 2.50. The van der Waals surface area contributed by atoms with Gasteiger partial charge in [-0.05, 0) is 36.3 Å². The van der Waals surface area contributed by atoms with Crippen LogP contribution in [0.3, 0.4) is 0 Å². The Kier molecular flexibility index (Phi) is 7.19. The van der Waals surface area contributed by atoms with Gasteiger partial charge in [-0.3, -0.25) is 0 Å². The molecule has 1 aromatic carbocycles. The molecule has 0 aromatic heterocycles. The minimum atomic E-state index is 0.962. The predicted octanol–water partition coefficient (Wildman–Crippen LogP) is 6.32. The van der Waals surface area contributed by atoms with Crippen LogP contribution in [0.4, 0.5) is 0 Å². The summed E-state index contributed by atoms with van der Waals surface area (Å²) in [5, 5.41) is 0. The third-order valence-corrected chi connectivity index (χ3v) is 4.84. The van der Waals surface area contributed by atoms with Crippen LogP contribution in [0.2, 0.25) is 0 Å². The standard InChI is InChI=1S/C20H32/c1-2-3-4-5-7-10-18-13-15-20(16-14-18)17-19-11-8-6-9-12-19/h13-16,19H,2-12,17H2,1H3. The van der Waals surface area contributed by atoms with Crippen LogP contribution in [-0.2, 0) is 12.8 Å². The molecule has 0 unspecified atom stereocenters. The van der Waals surface area contributed by atoms with Gasteiger partial charge in [-0.15, -0.1) is 0 Å². The average molecular weight is 272 g/mol. The largest absolute Gasteiger partial charge is 0.0654 e. The summed E-state index contributed by atoms with van der Waals surface area (Å²) >= 11 is 0. The van der Waals surface area contributed by atoms with Crippen molar-refractivity contribution in [2.75, 3.05) is 0 Å². The second-order valence-corrected chi connectivity index (χ2v) is 6.69. The first-order valence-electron chi connectivity index (χ1n) is 8.96. The summed E-state index contributed by atoms with van der Waals surface area (Å²) in [7, 11) is 0. The lowest BCUT2D eigenvalue weighted by molar-refractivity contribution is 0.356. The van der Waals surface area contributed by atoms with E-state index in [1.807, 2.05) is 0 Å². The molecular weight excluding hydrogens is 240 g/mol. The van der Waals surface area contributed by atoms with Gasteiger partial charge in [0.1, 0.15) is 0 Å². The number of hydrogen-bond donors (Lipinski definition) is 0. The summed E-state index contributed by atoms with van der Waals surface area (Å²) in [5.74, 6) is 0.962. The topological polar surface area (TPSA) is 0 Å². The molecule has 0 nitrogen and oxygen atoms in total. The predicted molar refractivity (Wildman–Crippen MR) is 89.2 cm³/mol. The highest BCUT2D eigenvalue weighted by Gasteiger charge is 2.13. The number of unbranched alkanes of at least 4 members (excludes halogenated alkanes) is 4. The maximum Gasteiger partial charge on any atom is -0.0250 e. The molecule has 0 bridgehead atoms. The lowest BCUT2D eigenvalue weighted by Crippen LogP contribution is -2.09. The first-order valence-corrected chi connectivity index (χ1v) is 8.96. The van der Waals surface area contributed by atoms with Crippen LogP contribution in [0.25, 0.3) is 0 Å². The summed E-state index contributed by atoms with van der Waals surface area (Å²) in [6, 6.07) is 9.52. The Morgan fingerprint density at radius 1 is 0.800 bits per heavy atom. The SMILES string of the molecule is CCCCCCCc1ccc(CC2CCCCC2)cc1. The molecular formula is C20H32. The zero-order chi connectivity index (χ0) is 14.0. The van der Waals surface area contributed by atoms with Crippen LogP contribution in [-0.4, -0.2) is 0 Å². The highest BCUT2D eigenvalue weighted by atomic mass is 14.2. The van der Waals surface area contributed by atoms with E-state index in [4.69, 9.17) is 0 Å². The van der Waals surface area contributed by atoms with Crippen molar-refractivity contribution < 1.29 is 0 Å². The minimum Gasteiger partial charge on any atom is -0.0654 e. The van der Waals surface area contributed by atoms with Crippen LogP contribution in [0, 0.1) is 5.92 Å². The second kappa shape index (κ2) is 9.21. The summed E-state index contributed by atoms with van der Waals surface area (Å²) in [6.07, 6.45) is 16.8. The van der Waals surface area contributed by atoms with E-state index in [0.717, 1.165) is 5.92 Å². The normalized spacial score (nSPS) is 16.4. The van der Waals surface area contributed by atoms with Crippen molar-refractivity contribution in [2.24, 2.45) is 5.92 Å². The molecule has 0 saturated heterocycles. The molecule has 1 saturated carbocycles. The first kappa shape index (κ1) is 15.6. The van der Waals surface area contributed by atoms with Crippen molar-refractivity contribution in [1.82, 2.24) is 0 Å². The van der Waals surface area contributed by atoms with Crippen molar-refractivity contribution in [3.63, 3.8) is 0 Å². The van der Waals surface area contributed by atoms with E-state index in [2.05, 4.69) is 31.2 Å². The zero-order valence-corrected chi connectivity index (χ0v) is 13.4. The maximum absolute atomic E-state index is 2.38. The van der Waals surface area contributed by atoms with E-state index in [1.165, 1.54) is 82.6 Å². The molecule has 1 aromatic rings. The third-order valence-electron chi connectivity index (χ3n) is 4.84. The third kappa shape index (κ3) is 5.69. The molecule has 0 heterocycles. The fourth-order valence-corrected chi connectivity index (χ4v) is 3.50. The molecule has 1 aliphatic rings. The molecule has 1 fully saturated rings. The van der Waals surface area contributed by atoms with Gasteiger partial charge in [0.05, 0.1) is 0 Å². The Hall–Kier alpha value is -0.780. The van der Waals surface area contributed by atoms with Gasteiger partial charge in [0.2, 0.25) is 0 Å². The van der Waals surface area contributed by atoms with E-state index < -0.39 is 0 Å². The lowest BCUT2D eigenvalue weighted by atomic mass is 9.85. The summed E-state index contributed by atoms with van der Waals surface area (Å²) in [4.78, 5) is 0. The molecule has 0 aliphatic heterocycles.